The Morgan fingerprint density at radius 3 is 2.39 bits per heavy atom. The molecular weight excluding hydrogens is 224 g/mol. The molecule has 0 aliphatic carbocycles. The summed E-state index contributed by atoms with van der Waals surface area (Å²) in [6.45, 7) is 2.57. The number of rotatable bonds is 3. The molecule has 0 aromatic heterocycles. The normalized spacial score (nSPS) is 10.4. The Kier molecular flexibility index (Phi) is 3.53. The average molecular weight is 242 g/mol. The average Bonchev–Trinajstić information content (AvgIpc) is 2.38. The highest BCUT2D eigenvalue weighted by Crippen LogP contribution is 2.28. The van der Waals surface area contributed by atoms with E-state index in [9.17, 15) is 5.11 Å². The molecule has 0 amide bonds. The van der Waals surface area contributed by atoms with Gasteiger partial charge in [-0.2, -0.15) is 0 Å². The van der Waals surface area contributed by atoms with Gasteiger partial charge in [-0.15, -0.1) is 0 Å². The minimum absolute atomic E-state index is 0.273. The fourth-order valence-corrected chi connectivity index (χ4v) is 2.02. The highest BCUT2D eigenvalue weighted by atomic mass is 16.3. The molecule has 0 atom stereocenters. The monoisotopic (exact) mass is 242 g/mol. The Bertz CT molecular complexity index is 535. The highest BCUT2D eigenvalue weighted by molar-refractivity contribution is 5.66. The van der Waals surface area contributed by atoms with Gasteiger partial charge in [-0.3, -0.25) is 0 Å². The van der Waals surface area contributed by atoms with Gasteiger partial charge in [0.2, 0.25) is 0 Å². The number of anilines is 2. The van der Waals surface area contributed by atoms with Crippen LogP contribution < -0.4 is 10.6 Å². The molecule has 0 aliphatic heterocycles. The molecule has 3 N–H and O–H groups in total. The third-order valence-corrected chi connectivity index (χ3v) is 3.05. The van der Waals surface area contributed by atoms with Gasteiger partial charge >= 0.3 is 0 Å². The van der Waals surface area contributed by atoms with Crippen molar-refractivity contribution in [3.05, 3.63) is 53.6 Å². The smallest absolute Gasteiger partial charge is 0.115 e. The van der Waals surface area contributed by atoms with Crippen LogP contribution in [0.25, 0.3) is 0 Å². The number of phenols is 1. The molecule has 0 saturated carbocycles. The Balaban J connectivity index is 2.39. The molecule has 18 heavy (non-hydrogen) atoms. The lowest BCUT2D eigenvalue weighted by molar-refractivity contribution is 0.475. The maximum atomic E-state index is 9.31. The van der Waals surface area contributed by atoms with Gasteiger partial charge in [0.05, 0.1) is 0 Å². The van der Waals surface area contributed by atoms with Crippen molar-refractivity contribution in [3.63, 3.8) is 0 Å². The molecule has 0 bridgehead atoms. The zero-order valence-electron chi connectivity index (χ0n) is 10.7. The third kappa shape index (κ3) is 2.46. The van der Waals surface area contributed by atoms with Crippen LogP contribution in [0.3, 0.4) is 0 Å². The SMILES string of the molecule is Cc1ccc(N(C)c2ccc(O)cc2)c(CN)c1. The van der Waals surface area contributed by atoms with Crippen molar-refractivity contribution in [2.45, 2.75) is 13.5 Å². The fraction of sp³-hybridized carbons (Fsp3) is 0.200. The van der Waals surface area contributed by atoms with Crippen molar-refractivity contribution in [2.75, 3.05) is 11.9 Å². The van der Waals surface area contributed by atoms with Crippen LogP contribution in [0.15, 0.2) is 42.5 Å². The maximum absolute atomic E-state index is 9.31. The van der Waals surface area contributed by atoms with E-state index in [-0.39, 0.29) is 5.75 Å². The van der Waals surface area contributed by atoms with E-state index < -0.39 is 0 Å². The van der Waals surface area contributed by atoms with Gasteiger partial charge in [-0.1, -0.05) is 17.7 Å². The second kappa shape index (κ2) is 5.10. The minimum Gasteiger partial charge on any atom is -0.508 e. The second-order valence-electron chi connectivity index (χ2n) is 4.41. The Morgan fingerprint density at radius 1 is 1.11 bits per heavy atom. The van der Waals surface area contributed by atoms with Crippen molar-refractivity contribution < 1.29 is 5.11 Å². The number of aryl methyl sites for hydroxylation is 1. The van der Waals surface area contributed by atoms with Crippen LogP contribution in [0.1, 0.15) is 11.1 Å². The third-order valence-electron chi connectivity index (χ3n) is 3.05. The topological polar surface area (TPSA) is 49.5 Å². The first-order chi connectivity index (χ1) is 8.61. The molecule has 3 heteroatoms. The van der Waals surface area contributed by atoms with E-state index >= 15 is 0 Å². The van der Waals surface area contributed by atoms with E-state index in [1.807, 2.05) is 19.2 Å². The molecule has 2 rings (SSSR count). The lowest BCUT2D eigenvalue weighted by Crippen LogP contribution is -2.13. The first kappa shape index (κ1) is 12.5. The van der Waals surface area contributed by atoms with Gasteiger partial charge in [0.25, 0.3) is 0 Å². The second-order valence-corrected chi connectivity index (χ2v) is 4.41. The fourth-order valence-electron chi connectivity index (χ4n) is 2.02. The van der Waals surface area contributed by atoms with Crippen LogP contribution in [0, 0.1) is 6.92 Å². The predicted molar refractivity (Wildman–Crippen MR) is 75.2 cm³/mol. The first-order valence-electron chi connectivity index (χ1n) is 5.94. The quantitative estimate of drug-likeness (QED) is 0.870. The van der Waals surface area contributed by atoms with Gasteiger partial charge in [0, 0.05) is 25.0 Å². The summed E-state index contributed by atoms with van der Waals surface area (Å²) in [5.74, 6) is 0.273. The summed E-state index contributed by atoms with van der Waals surface area (Å²) in [5.41, 5.74) is 10.2. The molecule has 0 heterocycles. The number of aromatic hydroxyl groups is 1. The summed E-state index contributed by atoms with van der Waals surface area (Å²) in [7, 11) is 2.00. The maximum Gasteiger partial charge on any atom is 0.115 e. The summed E-state index contributed by atoms with van der Waals surface area (Å²) in [4.78, 5) is 2.07. The number of hydrogen-bond donors (Lipinski definition) is 2. The van der Waals surface area contributed by atoms with E-state index in [2.05, 4.69) is 30.0 Å². The number of hydrogen-bond acceptors (Lipinski definition) is 3. The van der Waals surface area contributed by atoms with Crippen molar-refractivity contribution in [1.82, 2.24) is 0 Å². The van der Waals surface area contributed by atoms with Crippen LogP contribution in [0.2, 0.25) is 0 Å². The standard InChI is InChI=1S/C15H18N2O/c1-11-3-8-15(12(9-11)10-16)17(2)13-4-6-14(18)7-5-13/h3-9,18H,10,16H2,1-2H3. The molecule has 0 spiro atoms. The van der Waals surface area contributed by atoms with E-state index in [1.165, 1.54) is 5.56 Å². The molecule has 94 valence electrons. The predicted octanol–water partition coefficient (Wildman–Crippen LogP) is 2.93. The van der Waals surface area contributed by atoms with Crippen molar-refractivity contribution in [2.24, 2.45) is 5.73 Å². The number of phenolic OH excluding ortho intramolecular Hbond substituents is 1. The number of nitrogens with two attached hydrogens (primary N) is 1. The minimum atomic E-state index is 0.273. The summed E-state index contributed by atoms with van der Waals surface area (Å²) in [5, 5.41) is 9.31. The van der Waals surface area contributed by atoms with E-state index in [0.717, 1.165) is 16.9 Å². The summed E-state index contributed by atoms with van der Waals surface area (Å²) in [6, 6.07) is 13.4. The Hall–Kier alpha value is -2.00. The van der Waals surface area contributed by atoms with E-state index in [4.69, 9.17) is 5.73 Å². The molecule has 0 fully saturated rings. The number of benzene rings is 2. The summed E-state index contributed by atoms with van der Waals surface area (Å²) < 4.78 is 0. The Labute approximate surface area is 107 Å². The molecule has 0 saturated heterocycles. The van der Waals surface area contributed by atoms with Gasteiger partial charge in [0.1, 0.15) is 5.75 Å². The van der Waals surface area contributed by atoms with Crippen molar-refractivity contribution >= 4 is 11.4 Å². The van der Waals surface area contributed by atoms with Gasteiger partial charge in [-0.05, 0) is 42.8 Å². The number of nitrogens with zero attached hydrogens (tertiary/aromatic N) is 1. The summed E-state index contributed by atoms with van der Waals surface area (Å²) >= 11 is 0. The molecule has 0 aliphatic rings. The largest absolute Gasteiger partial charge is 0.508 e. The lowest BCUT2D eigenvalue weighted by Gasteiger charge is -2.22. The highest BCUT2D eigenvalue weighted by Gasteiger charge is 2.08. The molecule has 3 nitrogen and oxygen atoms in total. The van der Waals surface area contributed by atoms with Gasteiger partial charge in [0.15, 0.2) is 0 Å². The Morgan fingerprint density at radius 2 is 1.78 bits per heavy atom. The zero-order valence-corrected chi connectivity index (χ0v) is 10.7. The van der Waals surface area contributed by atoms with Crippen LogP contribution in [0.5, 0.6) is 5.75 Å². The van der Waals surface area contributed by atoms with Crippen LogP contribution in [-0.4, -0.2) is 12.2 Å². The molecule has 2 aromatic rings. The molecular formula is C15H18N2O. The molecule has 0 unspecified atom stereocenters. The van der Waals surface area contributed by atoms with Crippen LogP contribution in [0.4, 0.5) is 11.4 Å². The van der Waals surface area contributed by atoms with Crippen LogP contribution >= 0.6 is 0 Å². The molecule has 2 aromatic carbocycles. The van der Waals surface area contributed by atoms with Gasteiger partial charge in [-0.25, -0.2) is 0 Å². The van der Waals surface area contributed by atoms with E-state index in [1.54, 1.807) is 12.1 Å². The van der Waals surface area contributed by atoms with Gasteiger partial charge < -0.3 is 15.7 Å². The van der Waals surface area contributed by atoms with E-state index in [0.29, 0.717) is 6.54 Å². The lowest BCUT2D eigenvalue weighted by atomic mass is 10.1. The molecule has 0 radical (unpaired) electrons. The van der Waals surface area contributed by atoms with Crippen molar-refractivity contribution in [3.8, 4) is 5.75 Å². The van der Waals surface area contributed by atoms with Crippen molar-refractivity contribution in [1.29, 1.82) is 0 Å². The first-order valence-corrected chi connectivity index (χ1v) is 5.94. The zero-order chi connectivity index (χ0) is 13.1. The summed E-state index contributed by atoms with van der Waals surface area (Å²) in [6.07, 6.45) is 0. The van der Waals surface area contributed by atoms with Crippen LogP contribution in [-0.2, 0) is 6.54 Å².